The van der Waals surface area contributed by atoms with E-state index >= 15 is 0 Å². The molecule has 1 amide bonds. The maximum atomic E-state index is 11.9. The monoisotopic (exact) mass is 327 g/mol. The predicted molar refractivity (Wildman–Crippen MR) is 85.6 cm³/mol. The summed E-state index contributed by atoms with van der Waals surface area (Å²) in [6.45, 7) is 1.01. The van der Waals surface area contributed by atoms with Gasteiger partial charge in [0.1, 0.15) is 13.2 Å². The number of hydrogen-bond acceptors (Lipinski definition) is 6. The van der Waals surface area contributed by atoms with Gasteiger partial charge in [-0.1, -0.05) is 0 Å². The molecule has 1 heterocycles. The molecule has 1 aliphatic rings. The van der Waals surface area contributed by atoms with Gasteiger partial charge in [0.15, 0.2) is 11.5 Å². The van der Waals surface area contributed by atoms with Gasteiger partial charge in [0.05, 0.1) is 11.1 Å². The molecule has 8 nitrogen and oxygen atoms in total. The summed E-state index contributed by atoms with van der Waals surface area (Å²) < 4.78 is 10.9. The number of nitro benzene ring substituents is 1. The van der Waals surface area contributed by atoms with Crippen LogP contribution in [0.2, 0.25) is 0 Å². The fourth-order valence-corrected chi connectivity index (χ4v) is 2.10. The van der Waals surface area contributed by atoms with Crippen LogP contribution in [0.4, 0.5) is 5.69 Å². The third kappa shape index (κ3) is 3.49. The molecule has 24 heavy (non-hydrogen) atoms. The Hall–Kier alpha value is -3.42. The Morgan fingerprint density at radius 2 is 1.83 bits per heavy atom. The van der Waals surface area contributed by atoms with E-state index in [1.54, 1.807) is 18.2 Å². The van der Waals surface area contributed by atoms with Crippen LogP contribution < -0.4 is 14.9 Å². The Kier molecular flexibility index (Phi) is 4.37. The number of fused-ring (bicyclic) bond motifs is 1. The van der Waals surface area contributed by atoms with Gasteiger partial charge in [-0.3, -0.25) is 14.9 Å². The second-order valence-corrected chi connectivity index (χ2v) is 4.91. The lowest BCUT2D eigenvalue weighted by molar-refractivity contribution is -0.384. The van der Waals surface area contributed by atoms with Crippen molar-refractivity contribution < 1.29 is 19.2 Å². The molecule has 1 aliphatic heterocycles. The lowest BCUT2D eigenvalue weighted by atomic mass is 10.2. The molecule has 0 unspecified atom stereocenters. The Morgan fingerprint density at radius 3 is 2.54 bits per heavy atom. The van der Waals surface area contributed by atoms with Crippen molar-refractivity contribution in [3.8, 4) is 11.5 Å². The van der Waals surface area contributed by atoms with E-state index in [1.807, 2.05) is 0 Å². The molecule has 122 valence electrons. The van der Waals surface area contributed by atoms with Crippen LogP contribution in [0.3, 0.4) is 0 Å². The topological polar surface area (TPSA) is 103 Å². The maximum Gasteiger partial charge on any atom is 0.271 e. The molecule has 1 N–H and O–H groups in total. The number of amides is 1. The average Bonchev–Trinajstić information content (AvgIpc) is 2.61. The number of nitro groups is 1. The van der Waals surface area contributed by atoms with Gasteiger partial charge in [0.25, 0.3) is 11.6 Å². The molecule has 0 radical (unpaired) electrons. The summed E-state index contributed by atoms with van der Waals surface area (Å²) in [7, 11) is 0. The molecule has 3 rings (SSSR count). The first-order chi connectivity index (χ1) is 11.6. The number of ether oxygens (including phenoxy) is 2. The number of hydrogen-bond donors (Lipinski definition) is 1. The molecule has 8 heteroatoms. The van der Waals surface area contributed by atoms with Crippen molar-refractivity contribution in [2.45, 2.75) is 0 Å². The highest BCUT2D eigenvalue weighted by Crippen LogP contribution is 2.30. The first-order valence-electron chi connectivity index (χ1n) is 7.11. The van der Waals surface area contributed by atoms with E-state index in [-0.39, 0.29) is 11.3 Å². The molecule has 0 aliphatic carbocycles. The van der Waals surface area contributed by atoms with E-state index in [9.17, 15) is 14.9 Å². The summed E-state index contributed by atoms with van der Waals surface area (Å²) in [5.41, 5.74) is 3.30. The van der Waals surface area contributed by atoms with Crippen LogP contribution >= 0.6 is 0 Å². The molecule has 0 aromatic heterocycles. The first-order valence-corrected chi connectivity index (χ1v) is 7.11. The highest BCUT2D eigenvalue weighted by Gasteiger charge is 2.11. The van der Waals surface area contributed by atoms with Crippen LogP contribution in [0.1, 0.15) is 15.9 Å². The highest BCUT2D eigenvalue weighted by atomic mass is 16.6. The Labute approximate surface area is 136 Å². The minimum atomic E-state index is -0.526. The van der Waals surface area contributed by atoms with Crippen molar-refractivity contribution in [1.82, 2.24) is 5.43 Å². The van der Waals surface area contributed by atoms with Crippen LogP contribution in [-0.4, -0.2) is 30.3 Å². The second-order valence-electron chi connectivity index (χ2n) is 4.91. The quantitative estimate of drug-likeness (QED) is 0.526. The zero-order valence-corrected chi connectivity index (χ0v) is 12.5. The van der Waals surface area contributed by atoms with Crippen LogP contribution in [-0.2, 0) is 0 Å². The minimum Gasteiger partial charge on any atom is -0.486 e. The summed E-state index contributed by atoms with van der Waals surface area (Å²) in [5.74, 6) is 0.846. The molecule has 2 aromatic rings. The average molecular weight is 327 g/mol. The zero-order chi connectivity index (χ0) is 16.9. The molecular formula is C16H13N3O5. The van der Waals surface area contributed by atoms with Crippen molar-refractivity contribution in [1.29, 1.82) is 0 Å². The lowest BCUT2D eigenvalue weighted by Crippen LogP contribution is -2.17. The molecular weight excluding hydrogens is 314 g/mol. The second kappa shape index (κ2) is 6.78. The SMILES string of the molecule is O=C(NN=Cc1ccc2c(c1)OCCO2)c1ccc([N+](=O)[O-])cc1. The molecule has 0 fully saturated rings. The van der Waals surface area contributed by atoms with Crippen molar-refractivity contribution in [3.05, 3.63) is 63.7 Å². The van der Waals surface area contributed by atoms with Gasteiger partial charge in [-0.2, -0.15) is 5.10 Å². The van der Waals surface area contributed by atoms with E-state index < -0.39 is 10.8 Å². The van der Waals surface area contributed by atoms with Gasteiger partial charge in [0.2, 0.25) is 0 Å². The zero-order valence-electron chi connectivity index (χ0n) is 12.5. The summed E-state index contributed by atoms with van der Waals surface area (Å²) in [4.78, 5) is 22.0. The largest absolute Gasteiger partial charge is 0.486 e. The maximum absolute atomic E-state index is 11.9. The number of carbonyl (C=O) groups is 1. The number of carbonyl (C=O) groups excluding carboxylic acids is 1. The fourth-order valence-electron chi connectivity index (χ4n) is 2.10. The summed E-state index contributed by atoms with van der Waals surface area (Å²) in [6, 6.07) is 10.6. The first kappa shape index (κ1) is 15.5. The van der Waals surface area contributed by atoms with Crippen LogP contribution in [0.5, 0.6) is 11.5 Å². The van der Waals surface area contributed by atoms with Gasteiger partial charge in [0, 0.05) is 17.7 Å². The van der Waals surface area contributed by atoms with Crippen LogP contribution in [0.25, 0.3) is 0 Å². The van der Waals surface area contributed by atoms with Gasteiger partial charge in [-0.05, 0) is 35.9 Å². The van der Waals surface area contributed by atoms with E-state index in [1.165, 1.54) is 30.5 Å². The van der Waals surface area contributed by atoms with E-state index in [2.05, 4.69) is 10.5 Å². The van der Waals surface area contributed by atoms with Crippen molar-refractivity contribution in [3.63, 3.8) is 0 Å². The number of nitrogens with one attached hydrogen (secondary N) is 1. The normalized spacial score (nSPS) is 12.8. The van der Waals surface area contributed by atoms with Crippen molar-refractivity contribution in [2.24, 2.45) is 5.10 Å². The predicted octanol–water partition coefficient (Wildman–Crippen LogP) is 2.13. The molecule has 2 aromatic carbocycles. The molecule has 0 atom stereocenters. The van der Waals surface area contributed by atoms with E-state index in [0.717, 1.165) is 5.56 Å². The molecule has 0 saturated carbocycles. The van der Waals surface area contributed by atoms with Crippen molar-refractivity contribution in [2.75, 3.05) is 13.2 Å². The summed E-state index contributed by atoms with van der Waals surface area (Å²) in [5, 5.41) is 14.4. The van der Waals surface area contributed by atoms with Crippen molar-refractivity contribution >= 4 is 17.8 Å². The Bertz CT molecular complexity index is 802. The van der Waals surface area contributed by atoms with E-state index in [4.69, 9.17) is 9.47 Å². The van der Waals surface area contributed by atoms with Crippen LogP contribution in [0, 0.1) is 10.1 Å². The van der Waals surface area contributed by atoms with Gasteiger partial charge in [-0.15, -0.1) is 0 Å². The Morgan fingerprint density at radius 1 is 1.12 bits per heavy atom. The molecule has 0 bridgehead atoms. The number of nitrogens with zero attached hydrogens (tertiary/aromatic N) is 2. The van der Waals surface area contributed by atoms with Gasteiger partial charge < -0.3 is 9.47 Å². The fraction of sp³-hybridized carbons (Fsp3) is 0.125. The Balaban J connectivity index is 1.63. The minimum absolute atomic E-state index is 0.0775. The van der Waals surface area contributed by atoms with Crippen LogP contribution in [0.15, 0.2) is 47.6 Å². The lowest BCUT2D eigenvalue weighted by Gasteiger charge is -2.18. The number of hydrazone groups is 1. The summed E-state index contributed by atoms with van der Waals surface area (Å²) in [6.07, 6.45) is 1.47. The molecule has 0 saturated heterocycles. The van der Waals surface area contributed by atoms with Gasteiger partial charge >= 0.3 is 0 Å². The third-order valence-corrected chi connectivity index (χ3v) is 3.29. The number of rotatable bonds is 4. The van der Waals surface area contributed by atoms with Gasteiger partial charge in [-0.25, -0.2) is 5.43 Å². The smallest absolute Gasteiger partial charge is 0.271 e. The highest BCUT2D eigenvalue weighted by molar-refractivity contribution is 5.95. The number of benzene rings is 2. The van der Waals surface area contributed by atoms with E-state index in [0.29, 0.717) is 24.7 Å². The summed E-state index contributed by atoms with van der Waals surface area (Å²) >= 11 is 0. The molecule has 0 spiro atoms. The third-order valence-electron chi connectivity index (χ3n) is 3.29. The standard InChI is InChI=1S/C16H13N3O5/c20-16(12-2-4-13(5-3-12)19(21)22)18-17-10-11-1-6-14-15(9-11)24-8-7-23-14/h1-6,9-10H,7-8H2,(H,18,20). The number of non-ortho nitro benzene ring substituents is 1.